The van der Waals surface area contributed by atoms with Gasteiger partial charge in [-0.25, -0.2) is 9.59 Å². The van der Waals surface area contributed by atoms with Crippen molar-refractivity contribution in [3.63, 3.8) is 0 Å². The van der Waals surface area contributed by atoms with E-state index in [1.807, 2.05) is 0 Å². The molecule has 0 aromatic heterocycles. The molecule has 8 unspecified atom stereocenters. The van der Waals surface area contributed by atoms with Crippen LogP contribution in [-0.4, -0.2) is 69.0 Å². The molecule has 4 N–H and O–H groups in total. The van der Waals surface area contributed by atoms with Crippen molar-refractivity contribution in [2.45, 2.75) is 43.4 Å². The number of aliphatic hydroxyl groups excluding tert-OH is 3. The molecule has 2 saturated carbocycles. The minimum absolute atomic E-state index is 0.0594. The first-order valence-corrected chi connectivity index (χ1v) is 8.67. The molecular weight excluding hydrogens is 356 g/mol. The van der Waals surface area contributed by atoms with Crippen LogP contribution in [0.5, 0.6) is 0 Å². The van der Waals surface area contributed by atoms with Crippen molar-refractivity contribution in [3.8, 4) is 0 Å². The summed E-state index contributed by atoms with van der Waals surface area (Å²) in [6.07, 6.45) is -4.94. The normalized spacial score (nSPS) is 43.6. The fraction of sp³-hybridized carbons (Fsp3) is 0.579. The molecule has 0 bridgehead atoms. The van der Waals surface area contributed by atoms with Crippen LogP contribution in [0.1, 0.15) is 13.3 Å². The number of esters is 2. The lowest BCUT2D eigenvalue weighted by Gasteiger charge is -2.36. The van der Waals surface area contributed by atoms with Crippen molar-refractivity contribution in [2.24, 2.45) is 17.8 Å². The second-order valence-electron chi connectivity index (χ2n) is 7.64. The first kappa shape index (κ1) is 19.8. The van der Waals surface area contributed by atoms with Crippen LogP contribution < -0.4 is 0 Å². The number of rotatable bonds is 3. The molecule has 0 amide bonds. The topological polar surface area (TPSA) is 134 Å². The van der Waals surface area contributed by atoms with Gasteiger partial charge < -0.3 is 29.9 Å². The number of hydrogen-bond acceptors (Lipinski definition) is 8. The lowest BCUT2D eigenvalue weighted by atomic mass is 9.76. The average Bonchev–Trinajstić information content (AvgIpc) is 2.95. The minimum Gasteiger partial charge on any atom is -0.458 e. The molecule has 8 atom stereocenters. The standard InChI is InChI=1S/C19H24O8/c1-7(2)17(23)26-10-5-8(3)11-13(15-12(10)9(4)18(24)27-15)19(25,6-20)16(22)14(11)21/h10-16,20-22,25H,1,3-6H2,2H3. The lowest BCUT2D eigenvalue weighted by molar-refractivity contribution is -0.167. The lowest BCUT2D eigenvalue weighted by Crippen LogP contribution is -2.53. The number of hydrogen-bond donors (Lipinski definition) is 4. The maximum absolute atomic E-state index is 12.2. The van der Waals surface area contributed by atoms with Crippen molar-refractivity contribution in [3.05, 3.63) is 36.5 Å². The molecule has 2 aliphatic carbocycles. The molecule has 8 heteroatoms. The molecule has 0 aromatic rings. The molecule has 1 heterocycles. The van der Waals surface area contributed by atoms with Crippen molar-refractivity contribution >= 4 is 11.9 Å². The Morgan fingerprint density at radius 2 is 1.96 bits per heavy atom. The number of carbonyl (C=O) groups excluding carboxylic acids is 2. The van der Waals surface area contributed by atoms with Crippen LogP contribution >= 0.6 is 0 Å². The third-order valence-corrected chi connectivity index (χ3v) is 5.98. The van der Waals surface area contributed by atoms with Gasteiger partial charge in [0.2, 0.25) is 0 Å². The third-order valence-electron chi connectivity index (χ3n) is 5.98. The van der Waals surface area contributed by atoms with E-state index in [-0.39, 0.29) is 17.6 Å². The van der Waals surface area contributed by atoms with Crippen LogP contribution in [0.4, 0.5) is 0 Å². The Labute approximate surface area is 156 Å². The van der Waals surface area contributed by atoms with E-state index in [0.29, 0.717) is 5.57 Å². The fourth-order valence-electron chi connectivity index (χ4n) is 4.61. The van der Waals surface area contributed by atoms with Gasteiger partial charge in [-0.05, 0) is 6.92 Å². The fourth-order valence-corrected chi connectivity index (χ4v) is 4.61. The van der Waals surface area contributed by atoms with E-state index in [4.69, 9.17) is 9.47 Å². The second-order valence-corrected chi connectivity index (χ2v) is 7.64. The molecule has 8 nitrogen and oxygen atoms in total. The highest BCUT2D eigenvalue weighted by Gasteiger charge is 2.67. The highest BCUT2D eigenvalue weighted by molar-refractivity contribution is 5.91. The summed E-state index contributed by atoms with van der Waals surface area (Å²) in [5.41, 5.74) is -1.48. The molecule has 0 radical (unpaired) electrons. The summed E-state index contributed by atoms with van der Waals surface area (Å²) in [4.78, 5) is 24.2. The van der Waals surface area contributed by atoms with Crippen molar-refractivity contribution in [1.29, 1.82) is 0 Å². The first-order chi connectivity index (χ1) is 12.5. The zero-order valence-electron chi connectivity index (χ0n) is 15.0. The van der Waals surface area contributed by atoms with Crippen molar-refractivity contribution < 1.29 is 39.5 Å². The van der Waals surface area contributed by atoms with Crippen LogP contribution in [-0.2, 0) is 19.1 Å². The quantitative estimate of drug-likeness (QED) is 0.285. The molecule has 1 saturated heterocycles. The van der Waals surface area contributed by atoms with Gasteiger partial charge in [0.05, 0.1) is 18.6 Å². The van der Waals surface area contributed by atoms with E-state index in [9.17, 15) is 30.0 Å². The van der Waals surface area contributed by atoms with Crippen molar-refractivity contribution in [1.82, 2.24) is 0 Å². The highest BCUT2D eigenvalue weighted by atomic mass is 16.6. The van der Waals surface area contributed by atoms with Gasteiger partial charge in [0.1, 0.15) is 23.9 Å². The molecule has 3 fully saturated rings. The van der Waals surface area contributed by atoms with E-state index >= 15 is 0 Å². The second kappa shape index (κ2) is 6.56. The van der Waals surface area contributed by atoms with Crippen LogP contribution in [0.2, 0.25) is 0 Å². The molecule has 3 aliphatic rings. The molecule has 148 valence electrons. The van der Waals surface area contributed by atoms with Gasteiger partial charge in [0, 0.05) is 29.4 Å². The monoisotopic (exact) mass is 380 g/mol. The number of aliphatic hydroxyl groups is 4. The Kier molecular flexibility index (Phi) is 4.80. The summed E-state index contributed by atoms with van der Waals surface area (Å²) in [5, 5.41) is 41.5. The van der Waals surface area contributed by atoms with Crippen LogP contribution in [0, 0.1) is 17.8 Å². The largest absolute Gasteiger partial charge is 0.458 e. The third kappa shape index (κ3) is 2.75. The number of fused-ring (bicyclic) bond motifs is 3. The predicted molar refractivity (Wildman–Crippen MR) is 92.0 cm³/mol. The molecular formula is C19H24O8. The van der Waals surface area contributed by atoms with Gasteiger partial charge in [0.15, 0.2) is 0 Å². The molecule has 1 aliphatic heterocycles. The van der Waals surface area contributed by atoms with Gasteiger partial charge in [-0.15, -0.1) is 0 Å². The average molecular weight is 380 g/mol. The number of carbonyl (C=O) groups is 2. The summed E-state index contributed by atoms with van der Waals surface area (Å²) in [5.74, 6) is -4.10. The molecule has 0 spiro atoms. The maximum Gasteiger partial charge on any atom is 0.334 e. The molecule has 27 heavy (non-hydrogen) atoms. The van der Waals surface area contributed by atoms with E-state index in [1.54, 1.807) is 0 Å². The van der Waals surface area contributed by atoms with Gasteiger partial charge in [0.25, 0.3) is 0 Å². The Balaban J connectivity index is 2.09. The Morgan fingerprint density at radius 1 is 1.33 bits per heavy atom. The zero-order chi connectivity index (χ0) is 20.3. The Bertz CT molecular complexity index is 727. The Hall–Kier alpha value is -2.00. The predicted octanol–water partition coefficient (Wildman–Crippen LogP) is -0.777. The minimum atomic E-state index is -2.12. The summed E-state index contributed by atoms with van der Waals surface area (Å²) < 4.78 is 10.9. The van der Waals surface area contributed by atoms with Gasteiger partial charge in [-0.1, -0.05) is 25.3 Å². The maximum atomic E-state index is 12.2. The van der Waals surface area contributed by atoms with Crippen LogP contribution in [0.25, 0.3) is 0 Å². The smallest absolute Gasteiger partial charge is 0.334 e. The summed E-state index contributed by atoms with van der Waals surface area (Å²) in [6, 6.07) is 0. The Morgan fingerprint density at radius 3 is 2.52 bits per heavy atom. The van der Waals surface area contributed by atoms with E-state index in [0.717, 1.165) is 0 Å². The molecule has 0 aromatic carbocycles. The summed E-state index contributed by atoms with van der Waals surface area (Å²) in [6.45, 7) is 11.8. The van der Waals surface area contributed by atoms with Gasteiger partial charge in [-0.2, -0.15) is 0 Å². The molecule has 3 rings (SSSR count). The van der Waals surface area contributed by atoms with E-state index in [1.165, 1.54) is 6.92 Å². The summed E-state index contributed by atoms with van der Waals surface area (Å²) >= 11 is 0. The van der Waals surface area contributed by atoms with E-state index < -0.39 is 66.3 Å². The highest BCUT2D eigenvalue weighted by Crippen LogP contribution is 2.54. The van der Waals surface area contributed by atoms with Crippen LogP contribution in [0.3, 0.4) is 0 Å². The van der Waals surface area contributed by atoms with Gasteiger partial charge >= 0.3 is 11.9 Å². The van der Waals surface area contributed by atoms with Crippen LogP contribution in [0.15, 0.2) is 36.5 Å². The van der Waals surface area contributed by atoms with E-state index in [2.05, 4.69) is 19.7 Å². The first-order valence-electron chi connectivity index (χ1n) is 8.67. The SMILES string of the molecule is C=C(C)C(=O)OC1CC(=C)C2C(O)C(O)C(O)(CO)C2C2OC(=O)C(=C)C12. The summed E-state index contributed by atoms with van der Waals surface area (Å²) in [7, 11) is 0. The van der Waals surface area contributed by atoms with Crippen molar-refractivity contribution in [2.75, 3.05) is 6.61 Å². The zero-order valence-corrected chi connectivity index (χ0v) is 15.0. The number of ether oxygens (including phenoxy) is 2. The van der Waals surface area contributed by atoms with Gasteiger partial charge in [-0.3, -0.25) is 0 Å².